The number of carbonyl (C=O) groups is 1. The highest BCUT2D eigenvalue weighted by Gasteiger charge is 2.15. The number of aryl methyl sites for hydroxylation is 1. The van der Waals surface area contributed by atoms with Crippen LogP contribution < -0.4 is 14.8 Å². The fourth-order valence-corrected chi connectivity index (χ4v) is 3.44. The van der Waals surface area contributed by atoms with E-state index in [1.165, 1.54) is 31.4 Å². The number of benzene rings is 2. The largest absolute Gasteiger partial charge is 0.495 e. The molecule has 0 fully saturated rings. The molecule has 0 aliphatic heterocycles. The third kappa shape index (κ3) is 5.06. The van der Waals surface area contributed by atoms with Gasteiger partial charge in [-0.05, 0) is 55.3 Å². The summed E-state index contributed by atoms with van der Waals surface area (Å²) >= 11 is 0. The van der Waals surface area contributed by atoms with E-state index < -0.39 is 10.0 Å². The third-order valence-corrected chi connectivity index (χ3v) is 5.33. The quantitative estimate of drug-likeness (QED) is 0.692. The fourth-order valence-electron chi connectivity index (χ4n) is 2.37. The van der Waals surface area contributed by atoms with Crippen molar-refractivity contribution in [3.05, 3.63) is 53.6 Å². The normalized spacial score (nSPS) is 11.2. The number of methoxy groups -OCH3 is 1. The van der Waals surface area contributed by atoms with E-state index in [0.717, 1.165) is 18.4 Å². The topological polar surface area (TPSA) is 84.5 Å². The van der Waals surface area contributed by atoms with Crippen molar-refractivity contribution < 1.29 is 17.9 Å². The van der Waals surface area contributed by atoms with Crippen LogP contribution in [0.4, 0.5) is 5.69 Å². The lowest BCUT2D eigenvalue weighted by Crippen LogP contribution is -2.24. The van der Waals surface area contributed by atoms with E-state index in [-0.39, 0.29) is 10.8 Å². The summed E-state index contributed by atoms with van der Waals surface area (Å²) in [5.74, 6) is 0.222. The Bertz CT molecular complexity index is 862. The molecule has 0 unspecified atom stereocenters. The van der Waals surface area contributed by atoms with Gasteiger partial charge in [-0.25, -0.2) is 13.1 Å². The molecule has 7 heteroatoms. The SMILES string of the molecule is CCCCNS(=O)(=O)c1ccc(C(=O)Nc2cc(C)ccc2OC)cc1. The van der Waals surface area contributed by atoms with Crippen LogP contribution in [-0.4, -0.2) is 28.0 Å². The van der Waals surface area contributed by atoms with E-state index >= 15 is 0 Å². The maximum absolute atomic E-state index is 12.4. The number of unbranched alkanes of at least 4 members (excludes halogenated alkanes) is 1. The summed E-state index contributed by atoms with van der Waals surface area (Å²) in [5, 5.41) is 2.79. The standard InChI is InChI=1S/C19H24N2O4S/c1-4-5-12-20-26(23,24)16-9-7-15(8-10-16)19(22)21-17-13-14(2)6-11-18(17)25-3/h6-11,13,20H,4-5,12H2,1-3H3,(H,21,22). The first-order valence-electron chi connectivity index (χ1n) is 8.43. The summed E-state index contributed by atoms with van der Waals surface area (Å²) in [7, 11) is -2.02. The Morgan fingerprint density at radius 2 is 1.81 bits per heavy atom. The molecule has 0 heterocycles. The van der Waals surface area contributed by atoms with Crippen LogP contribution in [0.15, 0.2) is 47.4 Å². The van der Waals surface area contributed by atoms with Crippen LogP contribution in [0.25, 0.3) is 0 Å². The Labute approximate surface area is 154 Å². The van der Waals surface area contributed by atoms with Crippen molar-refractivity contribution in [2.24, 2.45) is 0 Å². The second kappa shape index (κ2) is 8.82. The van der Waals surface area contributed by atoms with Crippen LogP contribution in [0.5, 0.6) is 5.75 Å². The van der Waals surface area contributed by atoms with Gasteiger partial charge in [0.2, 0.25) is 10.0 Å². The van der Waals surface area contributed by atoms with Gasteiger partial charge in [0, 0.05) is 12.1 Å². The number of carbonyl (C=O) groups excluding carboxylic acids is 1. The van der Waals surface area contributed by atoms with Gasteiger partial charge < -0.3 is 10.1 Å². The molecule has 0 atom stereocenters. The first kappa shape index (κ1) is 19.9. The van der Waals surface area contributed by atoms with Crippen molar-refractivity contribution >= 4 is 21.6 Å². The number of anilines is 1. The number of hydrogen-bond donors (Lipinski definition) is 2. The molecule has 2 aromatic carbocycles. The maximum Gasteiger partial charge on any atom is 0.255 e. The summed E-state index contributed by atoms with van der Waals surface area (Å²) in [6.45, 7) is 4.31. The van der Waals surface area contributed by atoms with Crippen molar-refractivity contribution in [1.29, 1.82) is 0 Å². The zero-order chi connectivity index (χ0) is 19.2. The van der Waals surface area contributed by atoms with Gasteiger partial charge >= 0.3 is 0 Å². The van der Waals surface area contributed by atoms with Gasteiger partial charge in [-0.15, -0.1) is 0 Å². The predicted octanol–water partition coefficient (Wildman–Crippen LogP) is 3.33. The van der Waals surface area contributed by atoms with Crippen LogP contribution in [0.1, 0.15) is 35.7 Å². The Morgan fingerprint density at radius 1 is 1.12 bits per heavy atom. The number of rotatable bonds is 8. The van der Waals surface area contributed by atoms with Gasteiger partial charge in [0.15, 0.2) is 0 Å². The number of nitrogens with one attached hydrogen (secondary N) is 2. The molecule has 0 aromatic heterocycles. The van der Waals surface area contributed by atoms with Crippen molar-refractivity contribution in [1.82, 2.24) is 4.72 Å². The van der Waals surface area contributed by atoms with E-state index in [0.29, 0.717) is 23.5 Å². The highest BCUT2D eigenvalue weighted by Crippen LogP contribution is 2.25. The lowest BCUT2D eigenvalue weighted by molar-refractivity contribution is 0.102. The number of amides is 1. The van der Waals surface area contributed by atoms with E-state index in [4.69, 9.17) is 4.74 Å². The Kier molecular flexibility index (Phi) is 6.76. The zero-order valence-corrected chi connectivity index (χ0v) is 16.0. The minimum Gasteiger partial charge on any atom is -0.495 e. The molecular formula is C19H24N2O4S. The van der Waals surface area contributed by atoms with Gasteiger partial charge in [-0.2, -0.15) is 0 Å². The molecule has 2 rings (SSSR count). The second-order valence-electron chi connectivity index (χ2n) is 5.93. The molecule has 0 bridgehead atoms. The molecule has 2 N–H and O–H groups in total. The van der Waals surface area contributed by atoms with E-state index in [1.54, 1.807) is 6.07 Å². The highest BCUT2D eigenvalue weighted by molar-refractivity contribution is 7.89. The van der Waals surface area contributed by atoms with Crippen LogP contribution >= 0.6 is 0 Å². The van der Waals surface area contributed by atoms with Crippen molar-refractivity contribution in [2.45, 2.75) is 31.6 Å². The van der Waals surface area contributed by atoms with E-state index in [9.17, 15) is 13.2 Å². The molecule has 1 amide bonds. The molecule has 0 radical (unpaired) electrons. The maximum atomic E-state index is 12.4. The van der Waals surface area contributed by atoms with Crippen LogP contribution in [0.3, 0.4) is 0 Å². The smallest absolute Gasteiger partial charge is 0.255 e. The van der Waals surface area contributed by atoms with Gasteiger partial charge in [0.05, 0.1) is 17.7 Å². The molecule has 2 aromatic rings. The molecule has 0 saturated heterocycles. The first-order chi connectivity index (χ1) is 12.4. The first-order valence-corrected chi connectivity index (χ1v) is 9.91. The lowest BCUT2D eigenvalue weighted by atomic mass is 10.1. The monoisotopic (exact) mass is 376 g/mol. The summed E-state index contributed by atoms with van der Waals surface area (Å²) in [6, 6.07) is 11.3. The molecule has 26 heavy (non-hydrogen) atoms. The van der Waals surface area contributed by atoms with E-state index in [2.05, 4.69) is 10.0 Å². The minimum atomic E-state index is -3.55. The molecule has 0 saturated carbocycles. The van der Waals surface area contributed by atoms with Gasteiger partial charge in [-0.1, -0.05) is 19.4 Å². The minimum absolute atomic E-state index is 0.137. The Balaban J connectivity index is 2.13. The summed E-state index contributed by atoms with van der Waals surface area (Å²) < 4.78 is 32.1. The van der Waals surface area contributed by atoms with Crippen molar-refractivity contribution in [3.63, 3.8) is 0 Å². The van der Waals surface area contributed by atoms with Crippen molar-refractivity contribution in [3.8, 4) is 5.75 Å². The number of hydrogen-bond acceptors (Lipinski definition) is 4. The molecule has 0 aliphatic rings. The Morgan fingerprint density at radius 3 is 2.42 bits per heavy atom. The lowest BCUT2D eigenvalue weighted by Gasteiger charge is -2.11. The molecule has 0 aliphatic carbocycles. The van der Waals surface area contributed by atoms with Crippen LogP contribution in [0.2, 0.25) is 0 Å². The highest BCUT2D eigenvalue weighted by atomic mass is 32.2. The summed E-state index contributed by atoms with van der Waals surface area (Å²) in [6.07, 6.45) is 1.68. The molecular weight excluding hydrogens is 352 g/mol. The average Bonchev–Trinajstić information content (AvgIpc) is 2.62. The summed E-state index contributed by atoms with van der Waals surface area (Å²) in [5.41, 5.74) is 1.91. The van der Waals surface area contributed by atoms with E-state index in [1.807, 2.05) is 26.0 Å². The number of sulfonamides is 1. The van der Waals surface area contributed by atoms with Crippen LogP contribution in [0, 0.1) is 6.92 Å². The van der Waals surface area contributed by atoms with Crippen LogP contribution in [-0.2, 0) is 10.0 Å². The molecule has 6 nitrogen and oxygen atoms in total. The molecule has 0 spiro atoms. The zero-order valence-electron chi connectivity index (χ0n) is 15.2. The fraction of sp³-hybridized carbons (Fsp3) is 0.316. The predicted molar refractivity (Wildman–Crippen MR) is 102 cm³/mol. The van der Waals surface area contributed by atoms with Gasteiger partial charge in [0.25, 0.3) is 5.91 Å². The second-order valence-corrected chi connectivity index (χ2v) is 7.70. The Hall–Kier alpha value is -2.38. The summed E-state index contributed by atoms with van der Waals surface area (Å²) in [4.78, 5) is 12.6. The van der Waals surface area contributed by atoms with Crippen molar-refractivity contribution in [2.75, 3.05) is 19.0 Å². The number of ether oxygens (including phenoxy) is 1. The van der Waals surface area contributed by atoms with Gasteiger partial charge in [0.1, 0.15) is 5.75 Å². The van der Waals surface area contributed by atoms with Gasteiger partial charge in [-0.3, -0.25) is 4.79 Å². The third-order valence-electron chi connectivity index (χ3n) is 3.85. The molecule has 140 valence electrons. The average molecular weight is 376 g/mol.